The van der Waals surface area contributed by atoms with E-state index in [9.17, 15) is 0 Å². The molecule has 0 aliphatic carbocycles. The van der Waals surface area contributed by atoms with Crippen LogP contribution in [0.1, 0.15) is 19.4 Å². The molecule has 4 N–H and O–H groups in total. The minimum Gasteiger partial charge on any atom is -0.399 e. The lowest BCUT2D eigenvalue weighted by Crippen LogP contribution is -2.25. The molecule has 0 atom stereocenters. The molecule has 1 aromatic rings. The molecule has 3 nitrogen and oxygen atoms in total. The molecule has 18 heavy (non-hydrogen) atoms. The number of likely N-dealkylation sites (N-methyl/N-ethyl adjacent to an activating group) is 1. The van der Waals surface area contributed by atoms with Crippen LogP contribution in [0.25, 0.3) is 0 Å². The van der Waals surface area contributed by atoms with Crippen LogP contribution in [0, 0.1) is 0 Å². The summed E-state index contributed by atoms with van der Waals surface area (Å²) in [5.41, 5.74) is 14.3. The third-order valence-corrected chi connectivity index (χ3v) is 2.76. The maximum Gasteiger partial charge on any atom is 0.0367 e. The minimum absolute atomic E-state index is 0. The molecule has 0 aromatic heterocycles. The Balaban J connectivity index is -0.000000750. The van der Waals surface area contributed by atoms with Gasteiger partial charge in [0.1, 0.15) is 0 Å². The summed E-state index contributed by atoms with van der Waals surface area (Å²) in [5.74, 6) is 0. The minimum atomic E-state index is 0. The fourth-order valence-electron chi connectivity index (χ4n) is 1.66. The second-order valence-corrected chi connectivity index (χ2v) is 3.74. The Morgan fingerprint density at radius 3 is 2.00 bits per heavy atom. The van der Waals surface area contributed by atoms with Crippen molar-refractivity contribution in [3.05, 3.63) is 23.8 Å². The summed E-state index contributed by atoms with van der Waals surface area (Å²) in [7, 11) is 0. The van der Waals surface area contributed by atoms with E-state index in [1.807, 2.05) is 18.2 Å². The number of nitrogens with zero attached hydrogens (tertiary/aromatic N) is 1. The Bertz CT molecular complexity index is 317. The molecule has 108 valence electrons. The van der Waals surface area contributed by atoms with Crippen LogP contribution in [0.15, 0.2) is 18.2 Å². The number of nitrogen functional groups attached to an aromatic ring is 2. The summed E-state index contributed by atoms with van der Waals surface area (Å²) in [6, 6.07) is 5.76. The zero-order valence-electron chi connectivity index (χ0n) is 10.9. The van der Waals surface area contributed by atoms with Gasteiger partial charge < -0.3 is 16.4 Å². The maximum absolute atomic E-state index is 5.89. The van der Waals surface area contributed by atoms with Crippen LogP contribution in [0.2, 0.25) is 0 Å². The van der Waals surface area contributed by atoms with Crippen molar-refractivity contribution in [2.24, 2.45) is 0 Å². The Labute approximate surface area is 129 Å². The first-order valence-electron chi connectivity index (χ1n) is 5.53. The van der Waals surface area contributed by atoms with Crippen LogP contribution in [0.5, 0.6) is 0 Å². The van der Waals surface area contributed by atoms with Crippen LogP contribution >= 0.6 is 37.2 Å². The second kappa shape index (κ2) is 11.7. The normalized spacial score (nSPS) is 9.06. The molecule has 0 saturated carbocycles. The van der Waals surface area contributed by atoms with Gasteiger partial charge in [-0.3, -0.25) is 0 Å². The second-order valence-electron chi connectivity index (χ2n) is 3.74. The number of hydrogen-bond acceptors (Lipinski definition) is 3. The van der Waals surface area contributed by atoms with E-state index in [1.165, 1.54) is 5.56 Å². The van der Waals surface area contributed by atoms with Crippen molar-refractivity contribution < 1.29 is 0 Å². The summed E-state index contributed by atoms with van der Waals surface area (Å²) in [6.45, 7) is 7.59. The van der Waals surface area contributed by atoms with Gasteiger partial charge in [0.2, 0.25) is 0 Å². The first-order valence-corrected chi connectivity index (χ1v) is 5.53. The highest BCUT2D eigenvalue weighted by atomic mass is 35.5. The van der Waals surface area contributed by atoms with Gasteiger partial charge in [0.25, 0.3) is 0 Å². The standard InChI is InChI=1S/C12H21N3.3ClH/c1-3-15(4-2)8-7-10-5-6-11(13)9-12(10)14;;;/h5-6,9H,3-4,7-8,13-14H2,1-2H3;3*1H. The van der Waals surface area contributed by atoms with Crippen LogP contribution < -0.4 is 11.5 Å². The molecular weight excluding hydrogens is 293 g/mol. The lowest BCUT2D eigenvalue weighted by molar-refractivity contribution is 0.308. The lowest BCUT2D eigenvalue weighted by Gasteiger charge is -2.18. The average Bonchev–Trinajstić information content (AvgIpc) is 2.22. The van der Waals surface area contributed by atoms with Gasteiger partial charge in [0.15, 0.2) is 0 Å². The number of rotatable bonds is 5. The third kappa shape index (κ3) is 7.17. The molecule has 0 saturated heterocycles. The molecule has 0 spiro atoms. The van der Waals surface area contributed by atoms with Gasteiger partial charge in [0, 0.05) is 17.9 Å². The highest BCUT2D eigenvalue weighted by Gasteiger charge is 2.03. The largest absolute Gasteiger partial charge is 0.399 e. The molecule has 1 aromatic carbocycles. The molecule has 0 bridgehead atoms. The molecule has 6 heteroatoms. The SMILES string of the molecule is CCN(CC)CCc1ccc(N)cc1N.Cl.Cl.Cl. The lowest BCUT2D eigenvalue weighted by atomic mass is 10.1. The van der Waals surface area contributed by atoms with Gasteiger partial charge in [-0.15, -0.1) is 37.2 Å². The predicted molar refractivity (Wildman–Crippen MR) is 88.5 cm³/mol. The van der Waals surface area contributed by atoms with E-state index < -0.39 is 0 Å². The first-order chi connectivity index (χ1) is 7.17. The van der Waals surface area contributed by atoms with Gasteiger partial charge in [-0.25, -0.2) is 0 Å². The van der Waals surface area contributed by atoms with Gasteiger partial charge in [-0.2, -0.15) is 0 Å². The van der Waals surface area contributed by atoms with Crippen molar-refractivity contribution in [2.45, 2.75) is 20.3 Å². The Morgan fingerprint density at radius 2 is 1.56 bits per heavy atom. The summed E-state index contributed by atoms with van der Waals surface area (Å²) >= 11 is 0. The van der Waals surface area contributed by atoms with E-state index in [-0.39, 0.29) is 37.2 Å². The van der Waals surface area contributed by atoms with Crippen molar-refractivity contribution >= 4 is 48.6 Å². The zero-order valence-corrected chi connectivity index (χ0v) is 13.3. The van der Waals surface area contributed by atoms with Gasteiger partial charge in [-0.05, 0) is 37.2 Å². The van der Waals surface area contributed by atoms with E-state index >= 15 is 0 Å². The predicted octanol–water partition coefficient (Wildman–Crippen LogP) is 3.00. The number of hydrogen-bond donors (Lipinski definition) is 2. The van der Waals surface area contributed by atoms with Crippen molar-refractivity contribution in [3.63, 3.8) is 0 Å². The fourth-order valence-corrected chi connectivity index (χ4v) is 1.66. The maximum atomic E-state index is 5.89. The Kier molecular flexibility index (Phi) is 14.8. The molecule has 0 fully saturated rings. The first kappa shape index (κ1) is 22.8. The molecule has 0 aliphatic heterocycles. The summed E-state index contributed by atoms with van der Waals surface area (Å²) in [5, 5.41) is 0. The van der Waals surface area contributed by atoms with Gasteiger partial charge in [0.05, 0.1) is 0 Å². The van der Waals surface area contributed by atoms with E-state index in [1.54, 1.807) is 0 Å². The van der Waals surface area contributed by atoms with Crippen LogP contribution in [-0.2, 0) is 6.42 Å². The number of halogens is 3. The highest BCUT2D eigenvalue weighted by Crippen LogP contribution is 2.16. The van der Waals surface area contributed by atoms with Crippen molar-refractivity contribution in [2.75, 3.05) is 31.1 Å². The van der Waals surface area contributed by atoms with Crippen molar-refractivity contribution in [3.8, 4) is 0 Å². The highest BCUT2D eigenvalue weighted by molar-refractivity contribution is 5.86. The van der Waals surface area contributed by atoms with E-state index in [4.69, 9.17) is 11.5 Å². The summed E-state index contributed by atoms with van der Waals surface area (Å²) in [6.07, 6.45) is 0.994. The molecular formula is C12H24Cl3N3. The van der Waals surface area contributed by atoms with E-state index in [0.29, 0.717) is 0 Å². The van der Waals surface area contributed by atoms with Crippen LogP contribution in [0.4, 0.5) is 11.4 Å². The molecule has 0 unspecified atom stereocenters. The Hall–Kier alpha value is -0.350. The zero-order chi connectivity index (χ0) is 11.3. The van der Waals surface area contributed by atoms with Gasteiger partial charge in [-0.1, -0.05) is 19.9 Å². The van der Waals surface area contributed by atoms with Crippen LogP contribution in [0.3, 0.4) is 0 Å². The smallest absolute Gasteiger partial charge is 0.0367 e. The van der Waals surface area contributed by atoms with Gasteiger partial charge >= 0.3 is 0 Å². The molecule has 0 heterocycles. The molecule has 0 radical (unpaired) electrons. The molecule has 0 amide bonds. The average molecular weight is 317 g/mol. The fraction of sp³-hybridized carbons (Fsp3) is 0.500. The van der Waals surface area contributed by atoms with Crippen molar-refractivity contribution in [1.29, 1.82) is 0 Å². The summed E-state index contributed by atoms with van der Waals surface area (Å²) < 4.78 is 0. The number of anilines is 2. The summed E-state index contributed by atoms with van der Waals surface area (Å²) in [4.78, 5) is 2.38. The van der Waals surface area contributed by atoms with E-state index in [2.05, 4.69) is 18.7 Å². The van der Waals surface area contributed by atoms with Crippen molar-refractivity contribution in [1.82, 2.24) is 4.90 Å². The number of benzene rings is 1. The topological polar surface area (TPSA) is 55.3 Å². The van der Waals surface area contributed by atoms with E-state index in [0.717, 1.165) is 37.4 Å². The van der Waals surface area contributed by atoms with Crippen LogP contribution in [-0.4, -0.2) is 24.5 Å². The molecule has 1 rings (SSSR count). The number of nitrogens with two attached hydrogens (primary N) is 2. The Morgan fingerprint density at radius 1 is 1.00 bits per heavy atom. The molecule has 0 aliphatic rings. The third-order valence-electron chi connectivity index (χ3n) is 2.76. The monoisotopic (exact) mass is 315 g/mol. The quantitative estimate of drug-likeness (QED) is 0.821.